The van der Waals surface area contributed by atoms with Gasteiger partial charge in [0.15, 0.2) is 5.60 Å². The van der Waals surface area contributed by atoms with E-state index in [2.05, 4.69) is 19.4 Å². The van der Waals surface area contributed by atoms with E-state index in [9.17, 15) is 0 Å². The van der Waals surface area contributed by atoms with Gasteiger partial charge in [-0.15, -0.1) is 13.0 Å². The predicted octanol–water partition coefficient (Wildman–Crippen LogP) is 2.13. The number of rotatable bonds is 4. The van der Waals surface area contributed by atoms with Gasteiger partial charge in [0.05, 0.1) is 0 Å². The van der Waals surface area contributed by atoms with E-state index >= 15 is 0 Å². The van der Waals surface area contributed by atoms with Crippen molar-refractivity contribution >= 4 is 0 Å². The van der Waals surface area contributed by atoms with Crippen LogP contribution in [0.1, 0.15) is 26.2 Å². The molecule has 1 aliphatic rings. The van der Waals surface area contributed by atoms with Gasteiger partial charge in [0.2, 0.25) is 0 Å². The number of ether oxygens (including phenoxy) is 1. The zero-order valence-corrected chi connectivity index (χ0v) is 6.97. The highest BCUT2D eigenvalue weighted by molar-refractivity contribution is 5.26. The summed E-state index contributed by atoms with van der Waals surface area (Å²) in [5.74, 6) is 2.69. The zero-order chi connectivity index (χ0) is 8.32. The van der Waals surface area contributed by atoms with Crippen molar-refractivity contribution < 1.29 is 4.74 Å². The molecular formula is C10H14O. The normalized spacial score (nSPS) is 34.4. The molecule has 0 aromatic rings. The van der Waals surface area contributed by atoms with Gasteiger partial charge in [-0.1, -0.05) is 25.3 Å². The SMILES string of the molecule is C#C[C@@]1(CCCC)O[C@H]1C=C. The van der Waals surface area contributed by atoms with Crippen LogP contribution in [0.25, 0.3) is 0 Å². The van der Waals surface area contributed by atoms with E-state index in [4.69, 9.17) is 11.2 Å². The first-order valence-corrected chi connectivity index (χ1v) is 4.07. The van der Waals surface area contributed by atoms with Crippen LogP contribution in [-0.2, 0) is 4.74 Å². The number of hydrogen-bond donors (Lipinski definition) is 0. The lowest BCUT2D eigenvalue weighted by atomic mass is 9.99. The van der Waals surface area contributed by atoms with Crippen LogP contribution in [-0.4, -0.2) is 11.7 Å². The Morgan fingerprint density at radius 2 is 2.55 bits per heavy atom. The quantitative estimate of drug-likeness (QED) is 0.340. The van der Waals surface area contributed by atoms with E-state index in [1.54, 1.807) is 6.08 Å². The summed E-state index contributed by atoms with van der Waals surface area (Å²) in [5.41, 5.74) is -0.280. The highest BCUT2D eigenvalue weighted by atomic mass is 16.6. The van der Waals surface area contributed by atoms with Crippen LogP contribution in [0.4, 0.5) is 0 Å². The number of terminal acetylenes is 1. The van der Waals surface area contributed by atoms with E-state index in [1.165, 1.54) is 0 Å². The van der Waals surface area contributed by atoms with Crippen LogP contribution in [0.15, 0.2) is 12.7 Å². The first kappa shape index (κ1) is 8.36. The van der Waals surface area contributed by atoms with E-state index in [-0.39, 0.29) is 11.7 Å². The Kier molecular flexibility index (Phi) is 2.36. The van der Waals surface area contributed by atoms with Gasteiger partial charge in [0.25, 0.3) is 0 Å². The van der Waals surface area contributed by atoms with Crippen LogP contribution in [0, 0.1) is 12.3 Å². The second-order valence-corrected chi connectivity index (χ2v) is 2.91. The van der Waals surface area contributed by atoms with Crippen LogP contribution in [0.2, 0.25) is 0 Å². The largest absolute Gasteiger partial charge is 0.348 e. The van der Waals surface area contributed by atoms with Gasteiger partial charge in [-0.05, 0) is 12.8 Å². The fourth-order valence-electron chi connectivity index (χ4n) is 1.26. The Bertz CT molecular complexity index is 190. The third-order valence-electron chi connectivity index (χ3n) is 2.10. The van der Waals surface area contributed by atoms with Crippen LogP contribution in [0.3, 0.4) is 0 Å². The first-order valence-electron chi connectivity index (χ1n) is 4.07. The van der Waals surface area contributed by atoms with Crippen LogP contribution in [0.5, 0.6) is 0 Å². The number of unbranched alkanes of at least 4 members (excludes halogenated alkanes) is 1. The van der Waals surface area contributed by atoms with Crippen molar-refractivity contribution in [3.05, 3.63) is 12.7 Å². The lowest BCUT2D eigenvalue weighted by Crippen LogP contribution is -2.10. The maximum absolute atomic E-state index is 5.35. The number of hydrogen-bond acceptors (Lipinski definition) is 1. The second kappa shape index (κ2) is 3.11. The lowest BCUT2D eigenvalue weighted by Gasteiger charge is -2.01. The maximum Gasteiger partial charge on any atom is 0.158 e. The summed E-state index contributed by atoms with van der Waals surface area (Å²) in [4.78, 5) is 0. The molecule has 11 heavy (non-hydrogen) atoms. The van der Waals surface area contributed by atoms with Crippen LogP contribution >= 0.6 is 0 Å². The minimum absolute atomic E-state index is 0.110. The lowest BCUT2D eigenvalue weighted by molar-refractivity contribution is 0.330. The highest BCUT2D eigenvalue weighted by Gasteiger charge is 2.52. The summed E-state index contributed by atoms with van der Waals surface area (Å²) in [6.45, 7) is 5.80. The van der Waals surface area contributed by atoms with Crippen molar-refractivity contribution in [3.63, 3.8) is 0 Å². The molecule has 0 bridgehead atoms. The maximum atomic E-state index is 5.35. The first-order chi connectivity index (χ1) is 5.29. The fourth-order valence-corrected chi connectivity index (χ4v) is 1.26. The smallest absolute Gasteiger partial charge is 0.158 e. The average Bonchev–Trinajstić information content (AvgIpc) is 2.76. The Balaban J connectivity index is 2.41. The van der Waals surface area contributed by atoms with Gasteiger partial charge in [0.1, 0.15) is 6.10 Å². The molecule has 1 heterocycles. The minimum atomic E-state index is -0.280. The van der Waals surface area contributed by atoms with Crippen LogP contribution < -0.4 is 0 Å². The van der Waals surface area contributed by atoms with Crippen molar-refractivity contribution in [2.45, 2.75) is 37.9 Å². The summed E-state index contributed by atoms with van der Waals surface area (Å²) >= 11 is 0. The molecule has 1 saturated heterocycles. The van der Waals surface area contributed by atoms with Gasteiger partial charge in [0, 0.05) is 0 Å². The molecule has 0 N–H and O–H groups in total. The van der Waals surface area contributed by atoms with Crippen molar-refractivity contribution in [3.8, 4) is 12.3 Å². The Morgan fingerprint density at radius 1 is 1.82 bits per heavy atom. The van der Waals surface area contributed by atoms with Crippen molar-refractivity contribution in [2.75, 3.05) is 0 Å². The van der Waals surface area contributed by atoms with E-state index in [0.29, 0.717) is 0 Å². The Labute approximate surface area is 68.4 Å². The van der Waals surface area contributed by atoms with Crippen molar-refractivity contribution in [1.29, 1.82) is 0 Å². The predicted molar refractivity (Wildman–Crippen MR) is 46.2 cm³/mol. The molecule has 0 saturated carbocycles. The van der Waals surface area contributed by atoms with Gasteiger partial charge < -0.3 is 4.74 Å². The number of epoxide rings is 1. The third-order valence-corrected chi connectivity index (χ3v) is 2.10. The third kappa shape index (κ3) is 1.46. The molecule has 0 radical (unpaired) electrons. The Morgan fingerprint density at radius 3 is 2.91 bits per heavy atom. The van der Waals surface area contributed by atoms with Gasteiger partial charge in [-0.2, -0.15) is 0 Å². The second-order valence-electron chi connectivity index (χ2n) is 2.91. The zero-order valence-electron chi connectivity index (χ0n) is 6.97. The molecule has 0 spiro atoms. The summed E-state index contributed by atoms with van der Waals surface area (Å²) in [7, 11) is 0. The summed E-state index contributed by atoms with van der Waals surface area (Å²) in [5, 5.41) is 0. The summed E-state index contributed by atoms with van der Waals surface area (Å²) in [6, 6.07) is 0. The minimum Gasteiger partial charge on any atom is -0.348 e. The molecule has 0 aromatic heterocycles. The van der Waals surface area contributed by atoms with Crippen molar-refractivity contribution in [1.82, 2.24) is 0 Å². The summed E-state index contributed by atoms with van der Waals surface area (Å²) in [6.07, 6.45) is 10.5. The fraction of sp³-hybridized carbons (Fsp3) is 0.600. The molecule has 2 atom stereocenters. The van der Waals surface area contributed by atoms with Gasteiger partial charge in [-0.25, -0.2) is 0 Å². The molecule has 0 amide bonds. The average molecular weight is 150 g/mol. The molecular weight excluding hydrogens is 136 g/mol. The van der Waals surface area contributed by atoms with E-state index < -0.39 is 0 Å². The van der Waals surface area contributed by atoms with Crippen molar-refractivity contribution in [2.24, 2.45) is 0 Å². The molecule has 0 unspecified atom stereocenters. The van der Waals surface area contributed by atoms with E-state index in [0.717, 1.165) is 19.3 Å². The molecule has 1 fully saturated rings. The molecule has 1 rings (SSSR count). The van der Waals surface area contributed by atoms with Gasteiger partial charge >= 0.3 is 0 Å². The molecule has 1 heteroatoms. The monoisotopic (exact) mass is 150 g/mol. The molecule has 0 aliphatic carbocycles. The molecule has 1 aliphatic heterocycles. The molecule has 0 aromatic carbocycles. The topological polar surface area (TPSA) is 12.5 Å². The van der Waals surface area contributed by atoms with E-state index in [1.807, 2.05) is 0 Å². The molecule has 60 valence electrons. The molecule has 1 nitrogen and oxygen atoms in total. The Hall–Kier alpha value is -0.740. The van der Waals surface area contributed by atoms with Gasteiger partial charge in [-0.3, -0.25) is 0 Å². The highest BCUT2D eigenvalue weighted by Crippen LogP contribution is 2.40. The summed E-state index contributed by atoms with van der Waals surface area (Å²) < 4.78 is 5.35. The standard InChI is InChI=1S/C10H14O/c1-4-7-8-10(6-3)9(5-2)11-10/h3,5,9H,2,4,7-8H2,1H3/t9-,10-/m0/s1.